The first-order chi connectivity index (χ1) is 12.9. The maximum Gasteiger partial charge on any atom is 0.191 e. The van der Waals surface area contributed by atoms with Gasteiger partial charge in [0.25, 0.3) is 0 Å². The number of nitrogens with one attached hydrogen (secondary N) is 2. The average molecular weight is 515 g/mol. The first-order valence-corrected chi connectivity index (χ1v) is 10.4. The molecule has 28 heavy (non-hydrogen) atoms. The van der Waals surface area contributed by atoms with E-state index in [0.717, 1.165) is 16.9 Å². The molecule has 0 saturated heterocycles. The summed E-state index contributed by atoms with van der Waals surface area (Å²) in [4.78, 5) is 4.52. The number of sulfone groups is 1. The van der Waals surface area contributed by atoms with Gasteiger partial charge in [-0.3, -0.25) is 4.99 Å². The topological polar surface area (TPSA) is 79.8 Å². The fourth-order valence-electron chi connectivity index (χ4n) is 2.38. The van der Waals surface area contributed by atoms with Crippen LogP contribution in [0.15, 0.2) is 71.1 Å². The van der Waals surface area contributed by atoms with Crippen molar-refractivity contribution in [2.24, 2.45) is 4.99 Å². The van der Waals surface area contributed by atoms with Crippen molar-refractivity contribution in [3.05, 3.63) is 72.3 Å². The molecule has 0 aliphatic rings. The zero-order chi connectivity index (χ0) is 19.7. The van der Waals surface area contributed by atoms with Gasteiger partial charge in [-0.1, -0.05) is 43.0 Å². The minimum atomic E-state index is -3.18. The van der Waals surface area contributed by atoms with Crippen molar-refractivity contribution in [2.45, 2.75) is 18.0 Å². The summed E-state index contributed by atoms with van der Waals surface area (Å²) in [7, 11) is -1.48. The molecular formula is C20H26IN3O3S. The highest BCUT2D eigenvalue weighted by Crippen LogP contribution is 2.17. The van der Waals surface area contributed by atoms with Crippen molar-refractivity contribution >= 4 is 39.8 Å². The molecule has 0 saturated carbocycles. The van der Waals surface area contributed by atoms with Crippen molar-refractivity contribution < 1.29 is 13.2 Å². The Labute approximate surface area is 184 Å². The quantitative estimate of drug-likeness (QED) is 0.245. The summed E-state index contributed by atoms with van der Waals surface area (Å²) in [5, 5.41) is 6.45. The van der Waals surface area contributed by atoms with Crippen LogP contribution in [0.5, 0.6) is 5.75 Å². The van der Waals surface area contributed by atoms with E-state index in [4.69, 9.17) is 4.74 Å². The lowest BCUT2D eigenvalue weighted by atomic mass is 10.2. The van der Waals surface area contributed by atoms with Crippen LogP contribution >= 0.6 is 24.0 Å². The molecule has 2 N–H and O–H groups in total. The molecule has 6 nitrogen and oxygen atoms in total. The van der Waals surface area contributed by atoms with Crippen LogP contribution in [0.1, 0.15) is 11.1 Å². The number of guanidine groups is 1. The van der Waals surface area contributed by atoms with Gasteiger partial charge in [0.15, 0.2) is 15.8 Å². The van der Waals surface area contributed by atoms with Crippen molar-refractivity contribution in [2.75, 3.05) is 19.9 Å². The lowest BCUT2D eigenvalue weighted by molar-refractivity contribution is 0.358. The molecule has 152 valence electrons. The van der Waals surface area contributed by atoms with E-state index in [1.54, 1.807) is 37.4 Å². The van der Waals surface area contributed by atoms with Gasteiger partial charge in [-0.05, 0) is 23.8 Å². The molecule has 0 aliphatic carbocycles. The summed E-state index contributed by atoms with van der Waals surface area (Å²) in [6.07, 6.45) is 2.91. The molecule has 2 aromatic rings. The molecule has 0 unspecified atom stereocenters. The van der Waals surface area contributed by atoms with Crippen LogP contribution in [0.2, 0.25) is 0 Å². The molecule has 0 amide bonds. The second-order valence-electron chi connectivity index (χ2n) is 5.90. The summed E-state index contributed by atoms with van der Waals surface area (Å²) in [6, 6.07) is 14.6. The van der Waals surface area contributed by atoms with Gasteiger partial charge in [0.2, 0.25) is 0 Å². The van der Waals surface area contributed by atoms with Gasteiger partial charge < -0.3 is 15.4 Å². The number of halogens is 1. The summed E-state index contributed by atoms with van der Waals surface area (Å²) in [6.45, 7) is 5.20. The molecular weight excluding hydrogens is 489 g/mol. The first-order valence-electron chi connectivity index (χ1n) is 8.49. The predicted octanol–water partition coefficient (Wildman–Crippen LogP) is 3.14. The smallest absolute Gasteiger partial charge is 0.191 e. The van der Waals surface area contributed by atoms with Crippen molar-refractivity contribution in [1.82, 2.24) is 10.6 Å². The van der Waals surface area contributed by atoms with Gasteiger partial charge in [0, 0.05) is 32.0 Å². The number of ether oxygens (including phenoxy) is 1. The van der Waals surface area contributed by atoms with Crippen LogP contribution in [-0.4, -0.2) is 34.3 Å². The summed E-state index contributed by atoms with van der Waals surface area (Å²) in [5.41, 5.74) is 1.97. The molecule has 0 aromatic heterocycles. The number of rotatable bonds is 8. The number of hydrogen-bond donors (Lipinski definition) is 2. The molecule has 0 aliphatic heterocycles. The molecule has 8 heteroatoms. The monoisotopic (exact) mass is 515 g/mol. The van der Waals surface area contributed by atoms with Gasteiger partial charge in [-0.2, -0.15) is 0 Å². The maximum absolute atomic E-state index is 11.5. The van der Waals surface area contributed by atoms with E-state index in [0.29, 0.717) is 30.6 Å². The summed E-state index contributed by atoms with van der Waals surface area (Å²) in [5.74, 6) is 1.44. The number of aliphatic imine (C=N–C) groups is 1. The Morgan fingerprint density at radius 2 is 1.75 bits per heavy atom. The van der Waals surface area contributed by atoms with Crippen molar-refractivity contribution in [3.63, 3.8) is 0 Å². The Morgan fingerprint density at radius 1 is 1.11 bits per heavy atom. The molecule has 0 radical (unpaired) electrons. The highest BCUT2D eigenvalue weighted by molar-refractivity contribution is 14.0. The largest absolute Gasteiger partial charge is 0.489 e. The fourth-order valence-corrected chi connectivity index (χ4v) is 3.01. The number of hydrogen-bond acceptors (Lipinski definition) is 4. The Kier molecular flexibility index (Phi) is 10.0. The lowest BCUT2D eigenvalue weighted by Crippen LogP contribution is -2.36. The van der Waals surface area contributed by atoms with Gasteiger partial charge in [-0.15, -0.1) is 24.0 Å². The number of benzene rings is 2. The normalized spacial score (nSPS) is 11.3. The average Bonchev–Trinajstić information content (AvgIpc) is 2.67. The fraction of sp³-hybridized carbons (Fsp3) is 0.250. The number of para-hydroxylation sites is 1. The van der Waals surface area contributed by atoms with Crippen molar-refractivity contribution in [3.8, 4) is 5.75 Å². The predicted molar refractivity (Wildman–Crippen MR) is 124 cm³/mol. The minimum absolute atomic E-state index is 0. The third-order valence-corrected chi connectivity index (χ3v) is 4.94. The molecule has 0 heterocycles. The van der Waals surface area contributed by atoms with Gasteiger partial charge in [-0.25, -0.2) is 8.42 Å². The lowest BCUT2D eigenvalue weighted by Gasteiger charge is -2.14. The third-order valence-electron chi connectivity index (χ3n) is 3.81. The highest BCUT2D eigenvalue weighted by Gasteiger charge is 2.07. The van der Waals surface area contributed by atoms with E-state index < -0.39 is 9.84 Å². The van der Waals surface area contributed by atoms with Crippen LogP contribution < -0.4 is 15.4 Å². The number of nitrogens with zero attached hydrogens (tertiary/aromatic N) is 1. The SMILES string of the molecule is C=CCOc1ccccc1CNC(=NC)NCc1ccc(S(C)(=O)=O)cc1.I. The maximum atomic E-state index is 11.5. The second-order valence-corrected chi connectivity index (χ2v) is 7.92. The van der Waals surface area contributed by atoms with Crippen LogP contribution in [0, 0.1) is 0 Å². The standard InChI is InChI=1S/C20H25N3O3S.HI/c1-4-13-26-19-8-6-5-7-17(19)15-23-20(21-2)22-14-16-9-11-18(12-10-16)27(3,24)25;/h4-12H,1,13-15H2,2-3H3,(H2,21,22,23);1H. The Morgan fingerprint density at radius 3 is 2.36 bits per heavy atom. The van der Waals surface area contributed by atoms with Crippen LogP contribution in [0.3, 0.4) is 0 Å². The Hall–Kier alpha value is -2.07. The first kappa shape index (κ1) is 24.0. The zero-order valence-electron chi connectivity index (χ0n) is 16.0. The molecule has 0 atom stereocenters. The van der Waals surface area contributed by atoms with Crippen LogP contribution in [-0.2, 0) is 22.9 Å². The van der Waals surface area contributed by atoms with E-state index in [1.165, 1.54) is 6.26 Å². The summed E-state index contributed by atoms with van der Waals surface area (Å²) < 4.78 is 28.7. The molecule has 0 fully saturated rings. The van der Waals surface area contributed by atoms with Crippen LogP contribution in [0.25, 0.3) is 0 Å². The van der Waals surface area contributed by atoms with Crippen molar-refractivity contribution in [1.29, 1.82) is 0 Å². The van der Waals surface area contributed by atoms with E-state index >= 15 is 0 Å². The third kappa shape index (κ3) is 7.51. The minimum Gasteiger partial charge on any atom is -0.489 e. The van der Waals surface area contributed by atoms with E-state index in [2.05, 4.69) is 22.2 Å². The van der Waals surface area contributed by atoms with Gasteiger partial charge >= 0.3 is 0 Å². The van der Waals surface area contributed by atoms with Gasteiger partial charge in [0.05, 0.1) is 4.90 Å². The van der Waals surface area contributed by atoms with E-state index in [9.17, 15) is 8.42 Å². The molecule has 2 rings (SSSR count). The van der Waals surface area contributed by atoms with Crippen LogP contribution in [0.4, 0.5) is 0 Å². The molecule has 2 aromatic carbocycles. The second kappa shape index (κ2) is 11.7. The Balaban J connectivity index is 0.00000392. The summed E-state index contributed by atoms with van der Waals surface area (Å²) >= 11 is 0. The Bertz CT molecular complexity index is 897. The van der Waals surface area contributed by atoms with E-state index in [1.807, 2.05) is 24.3 Å². The zero-order valence-corrected chi connectivity index (χ0v) is 19.2. The van der Waals surface area contributed by atoms with E-state index in [-0.39, 0.29) is 24.0 Å². The van der Waals surface area contributed by atoms with Gasteiger partial charge in [0.1, 0.15) is 12.4 Å². The highest BCUT2D eigenvalue weighted by atomic mass is 127. The molecule has 0 bridgehead atoms. The molecule has 0 spiro atoms.